The van der Waals surface area contributed by atoms with E-state index in [9.17, 15) is 0 Å². The average Bonchev–Trinajstić information content (AvgIpc) is 3.32. The van der Waals surface area contributed by atoms with Gasteiger partial charge in [-0.05, 0) is 39.2 Å². The first kappa shape index (κ1) is 18.1. The third-order valence-corrected chi connectivity index (χ3v) is 5.63. The highest BCUT2D eigenvalue weighted by atomic mass is 15.4. The first-order valence-corrected chi connectivity index (χ1v) is 10.1. The number of rotatable bonds is 3. The maximum absolute atomic E-state index is 4.87. The lowest BCUT2D eigenvalue weighted by atomic mass is 9.94. The first-order chi connectivity index (χ1) is 13.0. The Morgan fingerprint density at radius 3 is 2.70 bits per heavy atom. The molecule has 3 heterocycles. The molecule has 5 nitrogen and oxygen atoms in total. The summed E-state index contributed by atoms with van der Waals surface area (Å²) in [7, 11) is 0. The Bertz CT molecular complexity index is 787. The van der Waals surface area contributed by atoms with Gasteiger partial charge in [-0.3, -0.25) is 4.99 Å². The number of imidazole rings is 1. The molecule has 1 unspecified atom stereocenters. The lowest BCUT2D eigenvalue weighted by Gasteiger charge is -2.38. The van der Waals surface area contributed by atoms with Gasteiger partial charge in [0.25, 0.3) is 0 Å². The number of piperidine rings is 1. The standard InChI is InChI=1S/C22H31N5/c1-22(2,3)27-17-23-14-20(27)19-10-7-12-25(16-19)21-24-11-13-26(21)15-18-8-5-4-6-9-18/h4-6,8-9,14,17,19H,7,10-13,15-16H2,1-3H3. The van der Waals surface area contributed by atoms with Gasteiger partial charge in [0, 0.05) is 49.5 Å². The molecule has 1 saturated heterocycles. The largest absolute Gasteiger partial charge is 0.342 e. The molecular weight excluding hydrogens is 334 g/mol. The Hall–Kier alpha value is -2.30. The molecule has 5 heteroatoms. The molecule has 0 amide bonds. The van der Waals surface area contributed by atoms with E-state index in [2.05, 4.69) is 76.7 Å². The second kappa shape index (κ2) is 7.37. The summed E-state index contributed by atoms with van der Waals surface area (Å²) in [4.78, 5) is 14.3. The summed E-state index contributed by atoms with van der Waals surface area (Å²) in [6.45, 7) is 11.8. The molecule has 1 fully saturated rings. The minimum Gasteiger partial charge on any atom is -0.342 e. The molecule has 2 aliphatic rings. The predicted octanol–water partition coefficient (Wildman–Crippen LogP) is 3.69. The van der Waals surface area contributed by atoms with E-state index in [1.165, 1.54) is 30.1 Å². The van der Waals surface area contributed by atoms with Crippen molar-refractivity contribution in [3.05, 3.63) is 54.1 Å². The Balaban J connectivity index is 1.49. The van der Waals surface area contributed by atoms with Crippen molar-refractivity contribution in [3.8, 4) is 0 Å². The van der Waals surface area contributed by atoms with Gasteiger partial charge in [0.15, 0.2) is 5.96 Å². The van der Waals surface area contributed by atoms with Crippen molar-refractivity contribution in [1.29, 1.82) is 0 Å². The molecule has 0 N–H and O–H groups in total. The van der Waals surface area contributed by atoms with Gasteiger partial charge in [-0.1, -0.05) is 30.3 Å². The average molecular weight is 366 g/mol. The predicted molar refractivity (Wildman–Crippen MR) is 110 cm³/mol. The Labute approximate surface area is 162 Å². The van der Waals surface area contributed by atoms with Gasteiger partial charge in [0.05, 0.1) is 12.9 Å². The Morgan fingerprint density at radius 2 is 1.93 bits per heavy atom. The summed E-state index contributed by atoms with van der Waals surface area (Å²) in [6, 6.07) is 10.7. The number of hydrogen-bond donors (Lipinski definition) is 0. The Kier molecular flexibility index (Phi) is 4.94. The molecule has 0 radical (unpaired) electrons. The molecule has 2 aromatic rings. The topological polar surface area (TPSA) is 36.7 Å². The van der Waals surface area contributed by atoms with Gasteiger partial charge in [0.2, 0.25) is 0 Å². The van der Waals surface area contributed by atoms with Gasteiger partial charge in [-0.2, -0.15) is 0 Å². The number of nitrogens with zero attached hydrogens (tertiary/aromatic N) is 5. The van der Waals surface area contributed by atoms with Crippen LogP contribution in [-0.4, -0.2) is 51.5 Å². The van der Waals surface area contributed by atoms with Crippen LogP contribution in [0.5, 0.6) is 0 Å². The summed E-state index contributed by atoms with van der Waals surface area (Å²) in [6.07, 6.45) is 6.49. The smallest absolute Gasteiger partial charge is 0.197 e. The van der Waals surface area contributed by atoms with Gasteiger partial charge < -0.3 is 14.4 Å². The molecule has 144 valence electrons. The summed E-state index contributed by atoms with van der Waals surface area (Å²) in [5.41, 5.74) is 2.78. The maximum atomic E-state index is 4.87. The van der Waals surface area contributed by atoms with Crippen molar-refractivity contribution in [2.24, 2.45) is 4.99 Å². The highest BCUT2D eigenvalue weighted by Crippen LogP contribution is 2.31. The van der Waals surface area contributed by atoms with Crippen LogP contribution in [0.25, 0.3) is 0 Å². The Morgan fingerprint density at radius 1 is 1.11 bits per heavy atom. The molecule has 1 aromatic carbocycles. The maximum Gasteiger partial charge on any atom is 0.197 e. The normalized spacial score (nSPS) is 20.9. The van der Waals surface area contributed by atoms with Crippen LogP contribution >= 0.6 is 0 Å². The molecule has 0 aliphatic carbocycles. The summed E-state index contributed by atoms with van der Waals surface area (Å²) in [5.74, 6) is 1.70. The second-order valence-electron chi connectivity index (χ2n) is 8.73. The van der Waals surface area contributed by atoms with E-state index in [1.54, 1.807) is 0 Å². The van der Waals surface area contributed by atoms with Crippen LogP contribution in [-0.2, 0) is 12.1 Å². The zero-order valence-electron chi connectivity index (χ0n) is 16.8. The van der Waals surface area contributed by atoms with Crippen LogP contribution in [0.2, 0.25) is 0 Å². The molecule has 4 rings (SSSR count). The van der Waals surface area contributed by atoms with Crippen LogP contribution < -0.4 is 0 Å². The number of benzene rings is 1. The van der Waals surface area contributed by atoms with E-state index in [4.69, 9.17) is 4.99 Å². The fourth-order valence-corrected chi connectivity index (χ4v) is 4.29. The van der Waals surface area contributed by atoms with Crippen LogP contribution in [0.15, 0.2) is 47.8 Å². The fourth-order valence-electron chi connectivity index (χ4n) is 4.29. The van der Waals surface area contributed by atoms with E-state index in [0.29, 0.717) is 5.92 Å². The summed E-state index contributed by atoms with van der Waals surface area (Å²) in [5, 5.41) is 0. The van der Waals surface area contributed by atoms with Crippen molar-refractivity contribution >= 4 is 5.96 Å². The van der Waals surface area contributed by atoms with Crippen molar-refractivity contribution in [1.82, 2.24) is 19.4 Å². The van der Waals surface area contributed by atoms with Crippen molar-refractivity contribution in [2.75, 3.05) is 26.2 Å². The van der Waals surface area contributed by atoms with E-state index in [0.717, 1.165) is 32.7 Å². The number of guanidine groups is 1. The van der Waals surface area contributed by atoms with Crippen LogP contribution in [0.4, 0.5) is 0 Å². The van der Waals surface area contributed by atoms with E-state index < -0.39 is 0 Å². The molecule has 0 bridgehead atoms. The van der Waals surface area contributed by atoms with E-state index in [-0.39, 0.29) is 5.54 Å². The van der Waals surface area contributed by atoms with Gasteiger partial charge >= 0.3 is 0 Å². The van der Waals surface area contributed by atoms with Gasteiger partial charge in [-0.25, -0.2) is 4.98 Å². The zero-order valence-corrected chi connectivity index (χ0v) is 16.8. The quantitative estimate of drug-likeness (QED) is 0.832. The van der Waals surface area contributed by atoms with Crippen LogP contribution in [0.1, 0.15) is 50.8 Å². The number of hydrogen-bond acceptors (Lipinski definition) is 4. The fraction of sp³-hybridized carbons (Fsp3) is 0.545. The summed E-state index contributed by atoms with van der Waals surface area (Å²) < 4.78 is 2.35. The lowest BCUT2D eigenvalue weighted by molar-refractivity contribution is 0.258. The van der Waals surface area contributed by atoms with Gasteiger partial charge in [-0.15, -0.1) is 0 Å². The van der Waals surface area contributed by atoms with Crippen LogP contribution in [0.3, 0.4) is 0 Å². The molecule has 0 saturated carbocycles. The number of likely N-dealkylation sites (tertiary alicyclic amines) is 1. The zero-order chi connectivity index (χ0) is 18.9. The molecule has 27 heavy (non-hydrogen) atoms. The molecule has 1 aromatic heterocycles. The second-order valence-corrected chi connectivity index (χ2v) is 8.73. The van der Waals surface area contributed by atoms with E-state index in [1.807, 2.05) is 6.33 Å². The minimum absolute atomic E-state index is 0.0678. The number of aromatic nitrogens is 2. The molecular formula is C22H31N5. The number of aliphatic imine (C=N–C) groups is 1. The van der Waals surface area contributed by atoms with Crippen molar-refractivity contribution in [2.45, 2.75) is 51.6 Å². The minimum atomic E-state index is 0.0678. The van der Waals surface area contributed by atoms with Crippen molar-refractivity contribution < 1.29 is 0 Å². The monoisotopic (exact) mass is 365 g/mol. The SMILES string of the molecule is CC(C)(C)n1cncc1C1CCCN(C2=NCCN2Cc2ccccc2)C1. The third-order valence-electron chi connectivity index (χ3n) is 5.63. The summed E-state index contributed by atoms with van der Waals surface area (Å²) >= 11 is 0. The third kappa shape index (κ3) is 3.87. The van der Waals surface area contributed by atoms with Crippen LogP contribution in [0, 0.1) is 0 Å². The van der Waals surface area contributed by atoms with Gasteiger partial charge in [0.1, 0.15) is 0 Å². The first-order valence-electron chi connectivity index (χ1n) is 10.1. The highest BCUT2D eigenvalue weighted by molar-refractivity contribution is 5.81. The highest BCUT2D eigenvalue weighted by Gasteiger charge is 2.31. The molecule has 0 spiro atoms. The van der Waals surface area contributed by atoms with E-state index >= 15 is 0 Å². The lowest BCUT2D eigenvalue weighted by Crippen LogP contribution is -2.46. The molecule has 1 atom stereocenters. The van der Waals surface area contributed by atoms with Crippen molar-refractivity contribution in [3.63, 3.8) is 0 Å². The molecule has 2 aliphatic heterocycles.